The van der Waals surface area contributed by atoms with Crippen LogP contribution in [0.1, 0.15) is 103 Å². The Labute approximate surface area is 434 Å². The van der Waals surface area contributed by atoms with Crippen molar-refractivity contribution in [1.82, 2.24) is 0 Å². The highest BCUT2D eigenvalue weighted by atomic mass is 32.2. The van der Waals surface area contributed by atoms with Crippen molar-refractivity contribution in [2.24, 2.45) is 0 Å². The van der Waals surface area contributed by atoms with Gasteiger partial charge in [0, 0.05) is 44.8 Å². The zero-order chi connectivity index (χ0) is 46.5. The van der Waals surface area contributed by atoms with Crippen molar-refractivity contribution in [1.29, 1.82) is 0 Å². The molecular formula is C57H46O3S8. The van der Waals surface area contributed by atoms with Crippen LogP contribution in [-0.2, 0) is 0 Å². The Morgan fingerprint density at radius 1 is 0.456 bits per heavy atom. The number of thioether (sulfide) groups is 8. The lowest BCUT2D eigenvalue weighted by Crippen LogP contribution is -2.17. The molecule has 0 saturated carbocycles. The molecule has 340 valence electrons. The zero-order valence-electron chi connectivity index (χ0n) is 37.6. The van der Waals surface area contributed by atoms with Crippen LogP contribution in [0.25, 0.3) is 30.0 Å². The molecule has 4 heterocycles. The van der Waals surface area contributed by atoms with Crippen LogP contribution in [0, 0.1) is 35.5 Å². The summed E-state index contributed by atoms with van der Waals surface area (Å²) in [7, 11) is 0. The van der Waals surface area contributed by atoms with E-state index < -0.39 is 0 Å². The maximum absolute atomic E-state index is 11.2. The average Bonchev–Trinajstić information content (AvgIpc) is 4.24. The average molecular weight is 1040 g/mol. The van der Waals surface area contributed by atoms with Crippen LogP contribution in [0.5, 0.6) is 11.5 Å². The Bertz CT molecular complexity index is 3220. The van der Waals surface area contributed by atoms with Crippen molar-refractivity contribution < 1.29 is 14.3 Å². The van der Waals surface area contributed by atoms with E-state index in [0.717, 1.165) is 76.2 Å². The van der Waals surface area contributed by atoms with Crippen LogP contribution < -0.4 is 19.9 Å². The Morgan fingerprint density at radius 2 is 0.926 bits per heavy atom. The number of hydrogen-bond donors (Lipinski definition) is 0. The Balaban J connectivity index is 1.13. The van der Waals surface area contributed by atoms with E-state index in [0.29, 0.717) is 18.8 Å². The second-order valence-corrected chi connectivity index (χ2v) is 24.3. The zero-order valence-corrected chi connectivity index (χ0v) is 44.1. The largest absolute Gasteiger partial charge is 0.492 e. The van der Waals surface area contributed by atoms with Crippen LogP contribution in [0.2, 0.25) is 0 Å². The second kappa shape index (κ2) is 24.6. The van der Waals surface area contributed by atoms with Crippen LogP contribution >= 0.6 is 94.1 Å². The van der Waals surface area contributed by atoms with E-state index in [-0.39, 0.29) is 0 Å². The van der Waals surface area contributed by atoms with Gasteiger partial charge in [0.05, 0.1) is 46.2 Å². The molecule has 5 aromatic carbocycles. The topological polar surface area (TPSA) is 35.5 Å². The number of allylic oxidation sites excluding steroid dienone is 1. The molecule has 0 aromatic heterocycles. The van der Waals surface area contributed by atoms with Gasteiger partial charge in [-0.2, -0.15) is 0 Å². The summed E-state index contributed by atoms with van der Waals surface area (Å²) >= 11 is 14.1. The number of fused-ring (bicyclic) bond motifs is 2. The predicted octanol–water partition coefficient (Wildman–Crippen LogP) is 16.3. The van der Waals surface area contributed by atoms with Gasteiger partial charge in [0.25, 0.3) is 0 Å². The molecule has 0 atom stereocenters. The third-order valence-corrected chi connectivity index (χ3v) is 20.2. The van der Waals surface area contributed by atoms with E-state index in [1.165, 1.54) is 74.6 Å². The lowest BCUT2D eigenvalue weighted by Gasteiger charge is -2.14. The van der Waals surface area contributed by atoms with Gasteiger partial charge in [-0.05, 0) is 109 Å². The van der Waals surface area contributed by atoms with Crippen LogP contribution in [0.15, 0.2) is 124 Å². The number of carbonyl (C=O) groups is 1. The smallest absolute Gasteiger partial charge is 0.150 e. The molecule has 0 saturated heterocycles. The minimum absolute atomic E-state index is 0.611. The minimum atomic E-state index is 0.611. The highest BCUT2D eigenvalue weighted by Crippen LogP contribution is 2.53. The summed E-state index contributed by atoms with van der Waals surface area (Å²) in [6, 6.07) is 24.8. The minimum Gasteiger partial charge on any atom is -0.492 e. The molecule has 0 bridgehead atoms. The second-order valence-electron chi connectivity index (χ2n) is 15.8. The Kier molecular flexibility index (Phi) is 17.6. The van der Waals surface area contributed by atoms with E-state index in [4.69, 9.17) is 9.47 Å². The highest BCUT2D eigenvalue weighted by Gasteiger charge is 2.19. The van der Waals surface area contributed by atoms with Crippen molar-refractivity contribution in [3.8, 4) is 47.0 Å². The van der Waals surface area contributed by atoms with E-state index in [1.807, 2.05) is 12.1 Å². The fourth-order valence-corrected chi connectivity index (χ4v) is 15.7. The molecule has 0 fully saturated rings. The van der Waals surface area contributed by atoms with E-state index in [1.54, 1.807) is 106 Å². The van der Waals surface area contributed by atoms with E-state index >= 15 is 0 Å². The summed E-state index contributed by atoms with van der Waals surface area (Å²) in [6.45, 7) is 5.69. The SMILES string of the molecule is CCCCCCOc1cc(C#Cc2ccc3c(=C4SC=CS4)c4cc(C#Cc5ccc(C=O)cc5)ccc4c(=C4SC=CS4)c3c2)c(OCCCCCC)cc1C#CC1=CSC(=C2SC=CS2)S1. The molecule has 0 aliphatic carbocycles. The number of carbonyl (C=O) groups excluding carboxylic acids is 1. The fourth-order valence-electron chi connectivity index (χ4n) is 7.65. The molecule has 11 heteroatoms. The molecule has 68 heavy (non-hydrogen) atoms. The van der Waals surface area contributed by atoms with Gasteiger partial charge >= 0.3 is 0 Å². The van der Waals surface area contributed by atoms with Gasteiger partial charge in [0.1, 0.15) is 17.8 Å². The monoisotopic (exact) mass is 1030 g/mol. The third kappa shape index (κ3) is 12.2. The van der Waals surface area contributed by atoms with Crippen LogP contribution in [0.4, 0.5) is 0 Å². The molecule has 0 amide bonds. The molecule has 5 aromatic rings. The summed E-state index contributed by atoms with van der Waals surface area (Å²) < 4.78 is 18.2. The van der Waals surface area contributed by atoms with Gasteiger partial charge in [-0.3, -0.25) is 4.79 Å². The van der Waals surface area contributed by atoms with Crippen LogP contribution in [0.3, 0.4) is 0 Å². The number of aldehydes is 1. The fraction of sp³-hybridized carbons (Fsp3) is 0.211. The standard InChI is InChI=1S/C57H46O3S8/c1-3-5-7-9-25-59-50-36-44(21-22-45-38-67-57(68-45)56-65-31-32-66-56)51(60-26-10-8-6-4-2)35-43(50)20-17-41-19-24-47-49(34-41)53(55-63-29-30-64-55)46-23-18-40(14-11-39-12-15-42(37-58)16-13-39)33-48(46)52(47)54-61-27-28-62-54/h12-13,15-16,18-19,23-24,27-38H,3-10,25-26H2,1-2H3. The number of hydrogen-bond acceptors (Lipinski definition) is 11. The molecule has 0 spiro atoms. The highest BCUT2D eigenvalue weighted by molar-refractivity contribution is 8.35. The molecule has 3 nitrogen and oxygen atoms in total. The van der Waals surface area contributed by atoms with Crippen molar-refractivity contribution >= 4 is 130 Å². The summed E-state index contributed by atoms with van der Waals surface area (Å²) in [5.74, 6) is 22.3. The molecular weight excluding hydrogens is 989 g/mol. The van der Waals surface area contributed by atoms with Crippen molar-refractivity contribution in [3.63, 3.8) is 0 Å². The molecule has 0 unspecified atom stereocenters. The quantitative estimate of drug-likeness (QED) is 0.0490. The molecule has 4 aliphatic rings. The first-order chi connectivity index (χ1) is 33.6. The number of unbranched alkanes of at least 4 members (excludes halogenated alkanes) is 6. The first-order valence-corrected chi connectivity index (χ1v) is 29.6. The van der Waals surface area contributed by atoms with Crippen molar-refractivity contribution in [2.45, 2.75) is 65.2 Å². The van der Waals surface area contributed by atoms with E-state index in [9.17, 15) is 4.79 Å². The summed E-state index contributed by atoms with van der Waals surface area (Å²) in [5.41, 5.74) is 4.97. The normalized spacial score (nSPS) is 14.8. The predicted molar refractivity (Wildman–Crippen MR) is 307 cm³/mol. The van der Waals surface area contributed by atoms with Crippen molar-refractivity contribution in [2.75, 3.05) is 13.2 Å². The van der Waals surface area contributed by atoms with Gasteiger partial charge in [0.15, 0.2) is 0 Å². The summed E-state index contributed by atoms with van der Waals surface area (Å²) in [4.78, 5) is 12.3. The van der Waals surface area contributed by atoms with Gasteiger partial charge in [-0.25, -0.2) is 0 Å². The summed E-state index contributed by atoms with van der Waals surface area (Å²) in [5, 5.41) is 22.2. The van der Waals surface area contributed by atoms with Gasteiger partial charge < -0.3 is 9.47 Å². The Hall–Kier alpha value is -4.19. The molecule has 0 radical (unpaired) electrons. The summed E-state index contributed by atoms with van der Waals surface area (Å²) in [6.07, 6.45) is 9.77. The molecule has 0 N–H and O–H groups in total. The Morgan fingerprint density at radius 3 is 1.44 bits per heavy atom. The lowest BCUT2D eigenvalue weighted by atomic mass is 9.96. The molecule has 4 aliphatic heterocycles. The number of rotatable bonds is 13. The van der Waals surface area contributed by atoms with Gasteiger partial charge in [-0.15, -0.1) is 0 Å². The maximum Gasteiger partial charge on any atom is 0.150 e. The molecule has 9 rings (SSSR count). The number of benzene rings is 5. The maximum atomic E-state index is 11.2. The van der Waals surface area contributed by atoms with Gasteiger partial charge in [0.2, 0.25) is 0 Å². The van der Waals surface area contributed by atoms with Crippen molar-refractivity contribution in [3.05, 3.63) is 168 Å². The third-order valence-electron chi connectivity index (χ3n) is 11.0. The van der Waals surface area contributed by atoms with Crippen LogP contribution in [-0.4, -0.2) is 19.5 Å². The van der Waals surface area contributed by atoms with E-state index in [2.05, 4.69) is 136 Å². The number of ether oxygens (including phenoxy) is 2. The first-order valence-electron chi connectivity index (χ1n) is 22.7. The lowest BCUT2D eigenvalue weighted by molar-refractivity contribution is 0.112. The first kappa shape index (κ1) is 48.8. The van der Waals surface area contributed by atoms with Gasteiger partial charge in [-0.1, -0.05) is 206 Å².